The molecule has 0 saturated heterocycles. The summed E-state index contributed by atoms with van der Waals surface area (Å²) in [5, 5.41) is 9.40. The molecule has 0 aromatic heterocycles. The third-order valence-electron chi connectivity index (χ3n) is 2.57. The molecule has 5 heteroatoms. The van der Waals surface area contributed by atoms with E-state index in [0.717, 1.165) is 11.3 Å². The van der Waals surface area contributed by atoms with Gasteiger partial charge in [-0.1, -0.05) is 17.7 Å². The third-order valence-corrected chi connectivity index (χ3v) is 2.98. The summed E-state index contributed by atoms with van der Waals surface area (Å²) in [6.45, 7) is 3.45. The first-order valence-electron chi connectivity index (χ1n) is 5.48. The molecule has 1 aromatic rings. The van der Waals surface area contributed by atoms with Gasteiger partial charge in [0.2, 0.25) is 0 Å². The number of halogens is 1. The van der Waals surface area contributed by atoms with Gasteiger partial charge in [-0.3, -0.25) is 4.79 Å². The van der Waals surface area contributed by atoms with Crippen LogP contribution in [-0.4, -0.2) is 30.7 Å². The predicted octanol–water partition coefficient (Wildman–Crippen LogP) is 1.89. The number of carboxylic acid groups (broad SMARTS) is 1. The van der Waals surface area contributed by atoms with Gasteiger partial charge in [-0.25, -0.2) is 0 Å². The molecule has 4 nitrogen and oxygen atoms in total. The first-order chi connectivity index (χ1) is 8.06. The number of anilines is 1. The molecule has 0 saturated carbocycles. The average molecular weight is 257 g/mol. The Balaban J connectivity index is 2.88. The van der Waals surface area contributed by atoms with E-state index < -0.39 is 5.97 Å². The average Bonchev–Trinajstić information content (AvgIpc) is 2.28. The van der Waals surface area contributed by atoms with Crippen molar-refractivity contribution < 1.29 is 9.90 Å². The van der Waals surface area contributed by atoms with E-state index in [2.05, 4.69) is 0 Å². The quantitative estimate of drug-likeness (QED) is 0.816. The predicted molar refractivity (Wildman–Crippen MR) is 69.7 cm³/mol. The zero-order valence-corrected chi connectivity index (χ0v) is 10.6. The van der Waals surface area contributed by atoms with Crippen LogP contribution < -0.4 is 10.6 Å². The van der Waals surface area contributed by atoms with Gasteiger partial charge in [0.05, 0.1) is 6.42 Å². The van der Waals surface area contributed by atoms with Crippen LogP contribution in [0.3, 0.4) is 0 Å². The minimum Gasteiger partial charge on any atom is -0.481 e. The van der Waals surface area contributed by atoms with Crippen molar-refractivity contribution in [2.75, 3.05) is 24.5 Å². The molecule has 0 atom stereocenters. The number of hydrogen-bond donors (Lipinski definition) is 2. The molecule has 0 aliphatic carbocycles. The molecule has 0 spiro atoms. The zero-order chi connectivity index (χ0) is 12.8. The molecule has 0 heterocycles. The lowest BCUT2D eigenvalue weighted by atomic mass is 10.1. The molecule has 94 valence electrons. The van der Waals surface area contributed by atoms with Crippen LogP contribution in [0.2, 0.25) is 5.02 Å². The van der Waals surface area contributed by atoms with E-state index in [4.69, 9.17) is 22.4 Å². The fourth-order valence-corrected chi connectivity index (χ4v) is 1.85. The SMILES string of the molecule is Cc1c(Cl)cccc1N(CCN)CCC(=O)O. The van der Waals surface area contributed by atoms with Crippen molar-refractivity contribution in [1.29, 1.82) is 0 Å². The normalized spacial score (nSPS) is 10.3. The Morgan fingerprint density at radius 1 is 1.47 bits per heavy atom. The number of rotatable bonds is 6. The van der Waals surface area contributed by atoms with Gasteiger partial charge in [0.1, 0.15) is 0 Å². The second-order valence-corrected chi connectivity index (χ2v) is 4.21. The fraction of sp³-hybridized carbons (Fsp3) is 0.417. The molecule has 0 radical (unpaired) electrons. The number of nitrogens with two attached hydrogens (primary N) is 1. The number of benzene rings is 1. The number of carbonyl (C=O) groups is 1. The maximum atomic E-state index is 10.6. The maximum absolute atomic E-state index is 10.6. The Hall–Kier alpha value is -1.26. The van der Waals surface area contributed by atoms with Gasteiger partial charge in [-0.05, 0) is 24.6 Å². The van der Waals surface area contributed by atoms with Crippen LogP contribution in [0.25, 0.3) is 0 Å². The summed E-state index contributed by atoms with van der Waals surface area (Å²) in [6, 6.07) is 5.60. The molecule has 0 fully saturated rings. The van der Waals surface area contributed by atoms with Crippen LogP contribution in [0.5, 0.6) is 0 Å². The second kappa shape index (κ2) is 6.47. The van der Waals surface area contributed by atoms with E-state index in [1.165, 1.54) is 0 Å². The van der Waals surface area contributed by atoms with Gasteiger partial charge in [-0.2, -0.15) is 0 Å². The summed E-state index contributed by atoms with van der Waals surface area (Å²) in [6.07, 6.45) is 0.0892. The van der Waals surface area contributed by atoms with Gasteiger partial charge >= 0.3 is 5.97 Å². The van der Waals surface area contributed by atoms with Gasteiger partial charge < -0.3 is 15.7 Å². The van der Waals surface area contributed by atoms with E-state index >= 15 is 0 Å². The van der Waals surface area contributed by atoms with E-state index in [1.807, 2.05) is 30.0 Å². The zero-order valence-electron chi connectivity index (χ0n) is 9.82. The Morgan fingerprint density at radius 2 is 2.18 bits per heavy atom. The number of nitrogens with zero attached hydrogens (tertiary/aromatic N) is 1. The number of hydrogen-bond acceptors (Lipinski definition) is 3. The van der Waals surface area contributed by atoms with Crippen molar-refractivity contribution in [1.82, 2.24) is 0 Å². The van der Waals surface area contributed by atoms with Crippen LogP contribution >= 0.6 is 11.6 Å². The van der Waals surface area contributed by atoms with E-state index in [0.29, 0.717) is 24.7 Å². The van der Waals surface area contributed by atoms with E-state index in [-0.39, 0.29) is 6.42 Å². The lowest BCUT2D eigenvalue weighted by Crippen LogP contribution is -2.32. The molecule has 1 rings (SSSR count). The van der Waals surface area contributed by atoms with Crippen molar-refractivity contribution >= 4 is 23.3 Å². The summed E-state index contributed by atoms with van der Waals surface area (Å²) >= 11 is 6.05. The highest BCUT2D eigenvalue weighted by Gasteiger charge is 2.11. The Bertz CT molecular complexity index is 396. The van der Waals surface area contributed by atoms with Crippen molar-refractivity contribution in [3.8, 4) is 0 Å². The van der Waals surface area contributed by atoms with Crippen LogP contribution in [0.1, 0.15) is 12.0 Å². The standard InChI is InChI=1S/C12H17ClN2O2/c1-9-10(13)3-2-4-11(9)15(8-6-14)7-5-12(16)17/h2-4H,5-8,14H2,1H3,(H,16,17). The maximum Gasteiger partial charge on any atom is 0.305 e. The van der Waals surface area contributed by atoms with Crippen molar-refractivity contribution in [3.63, 3.8) is 0 Å². The molecule has 0 bridgehead atoms. The van der Waals surface area contributed by atoms with E-state index in [9.17, 15) is 4.79 Å². The number of carboxylic acids is 1. The summed E-state index contributed by atoms with van der Waals surface area (Å²) in [5.74, 6) is -0.813. The monoisotopic (exact) mass is 256 g/mol. The molecule has 0 unspecified atom stereocenters. The van der Waals surface area contributed by atoms with Crippen molar-refractivity contribution in [2.24, 2.45) is 5.73 Å². The second-order valence-electron chi connectivity index (χ2n) is 3.80. The summed E-state index contributed by atoms with van der Waals surface area (Å²) in [4.78, 5) is 12.6. The summed E-state index contributed by atoms with van der Waals surface area (Å²) in [5.41, 5.74) is 7.44. The third kappa shape index (κ3) is 3.91. The highest BCUT2D eigenvalue weighted by Crippen LogP contribution is 2.26. The Kier molecular flexibility index (Phi) is 5.25. The lowest BCUT2D eigenvalue weighted by Gasteiger charge is -2.25. The van der Waals surface area contributed by atoms with Gasteiger partial charge in [0.15, 0.2) is 0 Å². The molecular formula is C12H17ClN2O2. The molecule has 17 heavy (non-hydrogen) atoms. The minimum atomic E-state index is -0.813. The first kappa shape index (κ1) is 13.8. The van der Waals surface area contributed by atoms with Crippen LogP contribution in [-0.2, 0) is 4.79 Å². The van der Waals surface area contributed by atoms with Crippen LogP contribution in [0.15, 0.2) is 18.2 Å². The molecule has 0 aliphatic rings. The molecule has 0 aliphatic heterocycles. The highest BCUT2D eigenvalue weighted by molar-refractivity contribution is 6.31. The number of aliphatic carboxylic acids is 1. The molecule has 0 amide bonds. The smallest absolute Gasteiger partial charge is 0.305 e. The molecule has 3 N–H and O–H groups in total. The van der Waals surface area contributed by atoms with Crippen molar-refractivity contribution in [3.05, 3.63) is 28.8 Å². The summed E-state index contributed by atoms with van der Waals surface area (Å²) in [7, 11) is 0. The topological polar surface area (TPSA) is 66.6 Å². The van der Waals surface area contributed by atoms with Crippen LogP contribution in [0.4, 0.5) is 5.69 Å². The lowest BCUT2D eigenvalue weighted by molar-refractivity contribution is -0.136. The largest absolute Gasteiger partial charge is 0.481 e. The van der Waals surface area contributed by atoms with Gasteiger partial charge in [0, 0.05) is 30.3 Å². The van der Waals surface area contributed by atoms with Crippen LogP contribution in [0, 0.1) is 6.92 Å². The summed E-state index contributed by atoms with van der Waals surface area (Å²) < 4.78 is 0. The molecule has 1 aromatic carbocycles. The Morgan fingerprint density at radius 3 is 2.76 bits per heavy atom. The van der Waals surface area contributed by atoms with Crippen molar-refractivity contribution in [2.45, 2.75) is 13.3 Å². The van der Waals surface area contributed by atoms with Gasteiger partial charge in [0.25, 0.3) is 0 Å². The Labute approximate surface area is 106 Å². The fourth-order valence-electron chi connectivity index (χ4n) is 1.68. The molecular weight excluding hydrogens is 240 g/mol. The van der Waals surface area contributed by atoms with E-state index in [1.54, 1.807) is 0 Å². The first-order valence-corrected chi connectivity index (χ1v) is 5.86. The minimum absolute atomic E-state index is 0.0892. The van der Waals surface area contributed by atoms with Gasteiger partial charge in [-0.15, -0.1) is 0 Å². The highest BCUT2D eigenvalue weighted by atomic mass is 35.5.